The van der Waals surface area contributed by atoms with Gasteiger partial charge in [-0.3, -0.25) is 4.79 Å². The van der Waals surface area contributed by atoms with Crippen LogP contribution in [0.2, 0.25) is 0 Å². The molecule has 2 aliphatic carbocycles. The van der Waals surface area contributed by atoms with Gasteiger partial charge in [-0.05, 0) is 96.9 Å². The molecule has 35 heavy (non-hydrogen) atoms. The van der Waals surface area contributed by atoms with Crippen LogP contribution < -0.4 is 10.6 Å². The minimum Gasteiger partial charge on any atom is -0.465 e. The normalized spacial score (nSPS) is 25.8. The van der Waals surface area contributed by atoms with Crippen molar-refractivity contribution in [1.82, 2.24) is 0 Å². The lowest BCUT2D eigenvalue weighted by atomic mass is 9.68. The van der Waals surface area contributed by atoms with Crippen LogP contribution in [0.3, 0.4) is 0 Å². The minimum absolute atomic E-state index is 0.164. The summed E-state index contributed by atoms with van der Waals surface area (Å²) in [6.45, 7) is 1.82. The molecule has 2 saturated carbocycles. The topological polar surface area (TPSA) is 67.4 Å². The number of hydrogen-bond acceptors (Lipinski definition) is 4. The maximum absolute atomic E-state index is 13.3. The summed E-state index contributed by atoms with van der Waals surface area (Å²) in [6.07, 6.45) is 3.88. The summed E-state index contributed by atoms with van der Waals surface area (Å²) in [4.78, 5) is 25.4. The number of nitrogens with one attached hydrogen (secondary N) is 2. The van der Waals surface area contributed by atoms with Crippen molar-refractivity contribution in [3.05, 3.63) is 94.5 Å². The quantitative estimate of drug-likeness (QED) is 0.441. The Morgan fingerprint density at radius 1 is 0.971 bits per heavy atom. The second-order valence-electron chi connectivity index (χ2n) is 10.2. The highest BCUT2D eigenvalue weighted by Crippen LogP contribution is 2.63. The molecule has 5 atom stereocenters. The van der Waals surface area contributed by atoms with E-state index in [2.05, 4.69) is 53.1 Å². The Hall–Kier alpha value is -3.60. The van der Waals surface area contributed by atoms with Gasteiger partial charge in [0, 0.05) is 16.9 Å². The Kier molecular flexibility index (Phi) is 5.36. The first-order valence-corrected chi connectivity index (χ1v) is 12.5. The second-order valence-corrected chi connectivity index (χ2v) is 10.2. The first-order chi connectivity index (χ1) is 17.0. The highest BCUT2D eigenvalue weighted by molar-refractivity contribution is 6.06. The maximum Gasteiger partial charge on any atom is 0.338 e. The number of fused-ring (bicyclic) bond motifs is 7. The predicted molar refractivity (Wildman–Crippen MR) is 137 cm³/mol. The maximum atomic E-state index is 13.3. The smallest absolute Gasteiger partial charge is 0.338 e. The largest absolute Gasteiger partial charge is 0.465 e. The van der Waals surface area contributed by atoms with Crippen LogP contribution >= 0.6 is 0 Å². The molecule has 3 aromatic rings. The molecular formula is C30H30N2O3. The van der Waals surface area contributed by atoms with E-state index in [1.807, 2.05) is 19.1 Å². The van der Waals surface area contributed by atoms with E-state index in [1.165, 1.54) is 37.5 Å². The van der Waals surface area contributed by atoms with Gasteiger partial charge in [0.15, 0.2) is 0 Å². The van der Waals surface area contributed by atoms with Gasteiger partial charge in [-0.25, -0.2) is 4.79 Å². The number of carbonyl (C=O) groups excluding carboxylic acids is 2. The highest BCUT2D eigenvalue weighted by atomic mass is 16.5. The number of carbonyl (C=O) groups is 2. The van der Waals surface area contributed by atoms with Crippen molar-refractivity contribution >= 4 is 23.3 Å². The third-order valence-electron chi connectivity index (χ3n) is 8.50. The lowest BCUT2D eigenvalue weighted by Crippen LogP contribution is -2.35. The van der Waals surface area contributed by atoms with Crippen LogP contribution in [-0.2, 0) is 4.74 Å². The van der Waals surface area contributed by atoms with Gasteiger partial charge in [0.05, 0.1) is 18.7 Å². The molecule has 5 nitrogen and oxygen atoms in total. The van der Waals surface area contributed by atoms with Gasteiger partial charge < -0.3 is 15.4 Å². The fraction of sp³-hybridized carbons (Fsp3) is 0.333. The van der Waals surface area contributed by atoms with Crippen molar-refractivity contribution < 1.29 is 14.3 Å². The van der Waals surface area contributed by atoms with Crippen molar-refractivity contribution in [2.75, 3.05) is 17.7 Å². The van der Waals surface area contributed by atoms with Crippen LogP contribution in [0.15, 0.2) is 66.7 Å². The van der Waals surface area contributed by atoms with Crippen LogP contribution in [0.5, 0.6) is 0 Å². The summed E-state index contributed by atoms with van der Waals surface area (Å²) in [6, 6.07) is 22.5. The highest BCUT2D eigenvalue weighted by Gasteiger charge is 2.53. The molecule has 2 N–H and O–H groups in total. The number of rotatable bonds is 4. The molecule has 0 spiro atoms. The molecule has 0 unspecified atom stereocenters. The number of hydrogen-bond donors (Lipinski definition) is 2. The second kappa shape index (κ2) is 8.56. The average Bonchev–Trinajstić information content (AvgIpc) is 3.52. The zero-order valence-corrected chi connectivity index (χ0v) is 20.1. The van der Waals surface area contributed by atoms with Crippen molar-refractivity contribution in [2.24, 2.45) is 17.8 Å². The molecule has 5 heteroatoms. The zero-order chi connectivity index (χ0) is 24.1. The molecule has 2 fully saturated rings. The van der Waals surface area contributed by atoms with E-state index in [1.54, 1.807) is 12.1 Å². The molecule has 0 radical (unpaired) electrons. The number of ether oxygens (including phenoxy) is 1. The van der Waals surface area contributed by atoms with Crippen molar-refractivity contribution in [1.29, 1.82) is 0 Å². The number of esters is 1. The minimum atomic E-state index is -0.409. The number of anilines is 2. The predicted octanol–water partition coefficient (Wildman–Crippen LogP) is 6.33. The zero-order valence-electron chi connectivity index (χ0n) is 20.1. The molecule has 178 valence electrons. The summed E-state index contributed by atoms with van der Waals surface area (Å²) in [5.41, 5.74) is 6.20. The standard InChI is InChI=1S/C30H30N2O3/c1-17-22(30(34)35-2)9-6-10-24(17)32-29(33)21-13-14-25-23(16-21)26-19-11-12-20(15-19)27(26)28(31-25)18-7-4-3-5-8-18/h3-10,13-14,16,19-20,26-28,31H,11-12,15H2,1-2H3,(H,32,33)/t19-,20-,26-,27-,28+/m0/s1. The van der Waals surface area contributed by atoms with Crippen LogP contribution in [0, 0.1) is 24.7 Å². The fourth-order valence-electron chi connectivity index (χ4n) is 6.91. The lowest BCUT2D eigenvalue weighted by Gasteiger charge is -2.43. The van der Waals surface area contributed by atoms with E-state index in [0.717, 1.165) is 11.6 Å². The molecule has 3 aliphatic rings. The monoisotopic (exact) mass is 466 g/mol. The lowest BCUT2D eigenvalue weighted by molar-refractivity contribution is 0.0599. The molecule has 1 heterocycles. The summed E-state index contributed by atoms with van der Waals surface area (Å²) in [5.74, 6) is 1.89. The van der Waals surface area contributed by atoms with Gasteiger partial charge in [0.25, 0.3) is 5.91 Å². The van der Waals surface area contributed by atoms with Gasteiger partial charge in [-0.15, -0.1) is 0 Å². The van der Waals surface area contributed by atoms with E-state index < -0.39 is 5.97 Å². The third-order valence-corrected chi connectivity index (χ3v) is 8.50. The number of methoxy groups -OCH3 is 1. The Morgan fingerprint density at radius 3 is 2.57 bits per heavy atom. The fourth-order valence-corrected chi connectivity index (χ4v) is 6.91. The van der Waals surface area contributed by atoms with Gasteiger partial charge in [0.1, 0.15) is 0 Å². The number of amides is 1. The first-order valence-electron chi connectivity index (χ1n) is 12.5. The van der Waals surface area contributed by atoms with Gasteiger partial charge >= 0.3 is 5.97 Å². The first kappa shape index (κ1) is 21.9. The summed E-state index contributed by atoms with van der Waals surface area (Å²) in [5, 5.41) is 6.85. The Morgan fingerprint density at radius 2 is 1.77 bits per heavy atom. The number of benzene rings is 3. The van der Waals surface area contributed by atoms with E-state index >= 15 is 0 Å². The summed E-state index contributed by atoms with van der Waals surface area (Å²) < 4.78 is 4.87. The molecular weight excluding hydrogens is 436 g/mol. The Labute approximate surface area is 205 Å². The van der Waals surface area contributed by atoms with Gasteiger partial charge in [0.2, 0.25) is 0 Å². The van der Waals surface area contributed by atoms with E-state index in [4.69, 9.17) is 4.74 Å². The summed E-state index contributed by atoms with van der Waals surface area (Å²) in [7, 11) is 1.36. The van der Waals surface area contributed by atoms with Crippen molar-refractivity contribution in [3.8, 4) is 0 Å². The van der Waals surface area contributed by atoms with Crippen LogP contribution in [0.1, 0.15) is 68.6 Å². The van der Waals surface area contributed by atoms with Crippen LogP contribution in [0.4, 0.5) is 11.4 Å². The van der Waals surface area contributed by atoms with Crippen LogP contribution in [0.25, 0.3) is 0 Å². The average molecular weight is 467 g/mol. The molecule has 1 amide bonds. The molecule has 6 rings (SSSR count). The third kappa shape index (κ3) is 3.61. The molecule has 2 bridgehead atoms. The Bertz CT molecular complexity index is 1300. The Balaban J connectivity index is 1.32. The van der Waals surface area contributed by atoms with Gasteiger partial charge in [-0.1, -0.05) is 36.4 Å². The molecule has 0 aromatic heterocycles. The SMILES string of the molecule is COC(=O)c1cccc(NC(=O)c2ccc3c(c2)[C@@H]2[C@H]4CC[C@@H](C4)[C@@H]2[C@@H](c2ccccc2)N3)c1C. The molecule has 3 aromatic carbocycles. The van der Waals surface area contributed by atoms with Crippen LogP contribution in [-0.4, -0.2) is 19.0 Å². The molecule has 1 aliphatic heterocycles. The van der Waals surface area contributed by atoms with E-state index in [9.17, 15) is 9.59 Å². The van der Waals surface area contributed by atoms with E-state index in [0.29, 0.717) is 46.2 Å². The van der Waals surface area contributed by atoms with Gasteiger partial charge in [-0.2, -0.15) is 0 Å². The van der Waals surface area contributed by atoms with Crippen molar-refractivity contribution in [2.45, 2.75) is 38.1 Å². The summed E-state index contributed by atoms with van der Waals surface area (Å²) >= 11 is 0. The van der Waals surface area contributed by atoms with E-state index in [-0.39, 0.29) is 5.91 Å². The molecule has 0 saturated heterocycles. The van der Waals surface area contributed by atoms with Crippen molar-refractivity contribution in [3.63, 3.8) is 0 Å².